The molecule has 0 fully saturated rings. The molecular weight excluding hydrogens is 262 g/mol. The van der Waals surface area contributed by atoms with Gasteiger partial charge in [-0.2, -0.15) is 0 Å². The summed E-state index contributed by atoms with van der Waals surface area (Å²) in [5, 5.41) is 3.28. The number of halogens is 1. The third kappa shape index (κ3) is 4.84. The lowest BCUT2D eigenvalue weighted by Crippen LogP contribution is -2.37. The van der Waals surface area contributed by atoms with Crippen molar-refractivity contribution >= 4 is 18.4 Å². The van der Waals surface area contributed by atoms with Gasteiger partial charge in [0.05, 0.1) is 6.54 Å². The van der Waals surface area contributed by atoms with Crippen molar-refractivity contribution in [2.75, 3.05) is 6.54 Å². The van der Waals surface area contributed by atoms with Crippen LogP contribution < -0.4 is 5.32 Å². The first-order valence-electron chi connectivity index (χ1n) is 6.46. The highest BCUT2D eigenvalue weighted by Gasteiger charge is 2.22. The van der Waals surface area contributed by atoms with Crippen molar-refractivity contribution in [3.8, 4) is 0 Å². The molecule has 1 aromatic carbocycles. The Bertz CT molecular complexity index is 415. The van der Waals surface area contributed by atoms with E-state index in [1.807, 2.05) is 20.8 Å². The standard InChI is InChI=1S/C15H21NO2.ClH/c1-15(2,3)18-14(17)10-16-13-8-11-6-4-5-7-12(11)9-13;/h4-7,13,16H,8-10H2,1-3H3;1H. The highest BCUT2D eigenvalue weighted by molar-refractivity contribution is 5.85. The third-order valence-corrected chi connectivity index (χ3v) is 3.01. The van der Waals surface area contributed by atoms with E-state index >= 15 is 0 Å². The van der Waals surface area contributed by atoms with Crippen LogP contribution in [0.4, 0.5) is 0 Å². The Morgan fingerprint density at radius 1 is 1.26 bits per heavy atom. The molecule has 0 unspecified atom stereocenters. The first kappa shape index (κ1) is 16.0. The first-order valence-corrected chi connectivity index (χ1v) is 6.46. The summed E-state index contributed by atoms with van der Waals surface area (Å²) >= 11 is 0. The van der Waals surface area contributed by atoms with Gasteiger partial charge in [0, 0.05) is 6.04 Å². The van der Waals surface area contributed by atoms with Crippen LogP contribution in [0.2, 0.25) is 0 Å². The Morgan fingerprint density at radius 2 is 1.79 bits per heavy atom. The average Bonchev–Trinajstić information content (AvgIpc) is 2.66. The maximum atomic E-state index is 11.6. The van der Waals surface area contributed by atoms with Gasteiger partial charge in [-0.15, -0.1) is 12.4 Å². The van der Waals surface area contributed by atoms with E-state index in [9.17, 15) is 4.79 Å². The lowest BCUT2D eigenvalue weighted by Gasteiger charge is -2.20. The van der Waals surface area contributed by atoms with E-state index in [2.05, 4.69) is 29.6 Å². The number of hydrogen-bond acceptors (Lipinski definition) is 3. The smallest absolute Gasteiger partial charge is 0.320 e. The second-order valence-corrected chi connectivity index (χ2v) is 5.84. The second-order valence-electron chi connectivity index (χ2n) is 5.84. The van der Waals surface area contributed by atoms with Crippen molar-refractivity contribution in [1.82, 2.24) is 5.32 Å². The molecule has 3 nitrogen and oxygen atoms in total. The van der Waals surface area contributed by atoms with Gasteiger partial charge in [0.1, 0.15) is 5.60 Å². The zero-order valence-electron chi connectivity index (χ0n) is 11.7. The minimum atomic E-state index is -0.405. The molecule has 0 aliphatic heterocycles. The number of carbonyl (C=O) groups excluding carboxylic acids is 1. The summed E-state index contributed by atoms with van der Waals surface area (Å²) in [6.07, 6.45) is 2.00. The van der Waals surface area contributed by atoms with E-state index in [0.717, 1.165) is 12.8 Å². The fourth-order valence-corrected chi connectivity index (χ4v) is 2.31. The predicted molar refractivity (Wildman–Crippen MR) is 78.7 cm³/mol. The van der Waals surface area contributed by atoms with Crippen molar-refractivity contribution < 1.29 is 9.53 Å². The Kier molecular flexibility index (Phi) is 5.39. The highest BCUT2D eigenvalue weighted by atomic mass is 35.5. The molecule has 0 saturated carbocycles. The number of benzene rings is 1. The Hall–Kier alpha value is -1.06. The number of carbonyl (C=O) groups is 1. The monoisotopic (exact) mass is 283 g/mol. The van der Waals surface area contributed by atoms with E-state index in [-0.39, 0.29) is 24.9 Å². The number of ether oxygens (including phenoxy) is 1. The minimum Gasteiger partial charge on any atom is -0.459 e. The molecule has 4 heteroatoms. The zero-order valence-corrected chi connectivity index (χ0v) is 12.5. The van der Waals surface area contributed by atoms with Crippen molar-refractivity contribution in [1.29, 1.82) is 0 Å². The van der Waals surface area contributed by atoms with Gasteiger partial charge >= 0.3 is 5.97 Å². The predicted octanol–water partition coefficient (Wildman–Crippen LogP) is 2.51. The van der Waals surface area contributed by atoms with Crippen molar-refractivity contribution in [3.05, 3.63) is 35.4 Å². The third-order valence-electron chi connectivity index (χ3n) is 3.01. The van der Waals surface area contributed by atoms with E-state index in [4.69, 9.17) is 4.74 Å². The number of fused-ring (bicyclic) bond motifs is 1. The molecule has 19 heavy (non-hydrogen) atoms. The van der Waals surface area contributed by atoms with Gasteiger partial charge in [0.15, 0.2) is 0 Å². The van der Waals surface area contributed by atoms with Gasteiger partial charge in [0.2, 0.25) is 0 Å². The van der Waals surface area contributed by atoms with Crippen molar-refractivity contribution in [3.63, 3.8) is 0 Å². The van der Waals surface area contributed by atoms with Crippen LogP contribution >= 0.6 is 12.4 Å². The summed E-state index contributed by atoms with van der Waals surface area (Å²) in [4.78, 5) is 11.6. The van der Waals surface area contributed by atoms with Gasteiger partial charge in [-0.3, -0.25) is 4.79 Å². The molecule has 0 aromatic heterocycles. The van der Waals surface area contributed by atoms with Gasteiger partial charge < -0.3 is 10.1 Å². The molecule has 2 rings (SSSR count). The van der Waals surface area contributed by atoms with Crippen LogP contribution in [0.15, 0.2) is 24.3 Å². The van der Waals surface area contributed by atoms with Crippen LogP contribution in [0.5, 0.6) is 0 Å². The summed E-state index contributed by atoms with van der Waals surface area (Å²) in [7, 11) is 0. The average molecular weight is 284 g/mol. The minimum absolute atomic E-state index is 0. The van der Waals surface area contributed by atoms with Crippen LogP contribution in [0.3, 0.4) is 0 Å². The van der Waals surface area contributed by atoms with E-state index < -0.39 is 5.60 Å². The zero-order chi connectivity index (χ0) is 13.2. The molecule has 0 spiro atoms. The normalized spacial score (nSPS) is 14.7. The summed E-state index contributed by atoms with van der Waals surface area (Å²) in [5.41, 5.74) is 2.37. The maximum Gasteiger partial charge on any atom is 0.320 e. The van der Waals surface area contributed by atoms with E-state index in [0.29, 0.717) is 6.04 Å². The van der Waals surface area contributed by atoms with Gasteiger partial charge in [-0.1, -0.05) is 24.3 Å². The van der Waals surface area contributed by atoms with Crippen molar-refractivity contribution in [2.45, 2.75) is 45.3 Å². The second kappa shape index (κ2) is 6.40. The SMILES string of the molecule is CC(C)(C)OC(=O)CNC1Cc2ccccc2C1.Cl. The molecule has 0 amide bonds. The number of rotatable bonds is 3. The van der Waals surface area contributed by atoms with Crippen LogP contribution in [0.25, 0.3) is 0 Å². The molecule has 0 heterocycles. The Labute approximate surface area is 121 Å². The molecule has 1 aliphatic carbocycles. The molecular formula is C15H22ClNO2. The molecule has 106 valence electrons. The van der Waals surface area contributed by atoms with Gasteiger partial charge in [-0.25, -0.2) is 0 Å². The molecule has 1 aromatic rings. The fourth-order valence-electron chi connectivity index (χ4n) is 2.31. The fraction of sp³-hybridized carbons (Fsp3) is 0.533. The molecule has 0 saturated heterocycles. The van der Waals surface area contributed by atoms with Gasteiger partial charge in [-0.05, 0) is 44.7 Å². The van der Waals surface area contributed by atoms with Crippen LogP contribution in [-0.4, -0.2) is 24.2 Å². The van der Waals surface area contributed by atoms with Crippen LogP contribution in [-0.2, 0) is 22.4 Å². The summed E-state index contributed by atoms with van der Waals surface area (Å²) in [6.45, 7) is 5.94. The van der Waals surface area contributed by atoms with E-state index in [1.165, 1.54) is 11.1 Å². The summed E-state index contributed by atoms with van der Waals surface area (Å²) < 4.78 is 5.27. The number of hydrogen-bond donors (Lipinski definition) is 1. The number of nitrogens with one attached hydrogen (secondary N) is 1. The Balaban J connectivity index is 0.00000180. The largest absolute Gasteiger partial charge is 0.459 e. The molecule has 1 aliphatic rings. The molecule has 1 N–H and O–H groups in total. The molecule has 0 bridgehead atoms. The van der Waals surface area contributed by atoms with Crippen LogP contribution in [0, 0.1) is 0 Å². The quantitative estimate of drug-likeness (QED) is 0.866. The van der Waals surface area contributed by atoms with E-state index in [1.54, 1.807) is 0 Å². The maximum absolute atomic E-state index is 11.6. The summed E-state index contributed by atoms with van der Waals surface area (Å²) in [5.74, 6) is -0.182. The van der Waals surface area contributed by atoms with Gasteiger partial charge in [0.25, 0.3) is 0 Å². The van der Waals surface area contributed by atoms with Crippen LogP contribution in [0.1, 0.15) is 31.9 Å². The topological polar surface area (TPSA) is 38.3 Å². The lowest BCUT2D eigenvalue weighted by molar-refractivity contribution is -0.153. The lowest BCUT2D eigenvalue weighted by atomic mass is 10.1. The number of esters is 1. The van der Waals surface area contributed by atoms with Crippen molar-refractivity contribution in [2.24, 2.45) is 0 Å². The summed E-state index contributed by atoms with van der Waals surface area (Å²) in [6, 6.07) is 8.80. The molecule has 0 radical (unpaired) electrons. The first-order chi connectivity index (χ1) is 8.44. The Morgan fingerprint density at radius 3 is 2.26 bits per heavy atom. The highest BCUT2D eigenvalue weighted by Crippen LogP contribution is 2.21. The molecule has 0 atom stereocenters.